The molecule has 100 valence electrons. The number of hydrogen-bond acceptors (Lipinski definition) is 3. The van der Waals surface area contributed by atoms with Crippen LogP contribution in [0.15, 0.2) is 29.2 Å². The average molecular weight is 289 g/mol. The van der Waals surface area contributed by atoms with Gasteiger partial charge in [-0.1, -0.05) is 17.7 Å². The zero-order valence-corrected chi connectivity index (χ0v) is 11.6. The summed E-state index contributed by atoms with van der Waals surface area (Å²) >= 11 is 5.79. The van der Waals surface area contributed by atoms with Crippen molar-refractivity contribution in [1.82, 2.24) is 10.0 Å². The topological polar surface area (TPSA) is 58.2 Å². The van der Waals surface area contributed by atoms with Gasteiger partial charge in [-0.2, -0.15) is 0 Å². The Kier molecular flexibility index (Phi) is 4.61. The molecule has 1 aliphatic heterocycles. The van der Waals surface area contributed by atoms with Crippen molar-refractivity contribution in [1.29, 1.82) is 0 Å². The van der Waals surface area contributed by atoms with Crippen molar-refractivity contribution >= 4 is 21.6 Å². The third kappa shape index (κ3) is 3.68. The Balaban J connectivity index is 1.90. The fourth-order valence-electron chi connectivity index (χ4n) is 2.08. The zero-order valence-electron chi connectivity index (χ0n) is 10.0. The standard InChI is InChI=1S/C12H17ClN2O2S/c13-11-2-1-3-12(8-11)18(16,17)15-7-5-10-4-6-14-9-10/h1-3,8,10,14-15H,4-7,9H2. The van der Waals surface area contributed by atoms with E-state index in [1.807, 2.05) is 0 Å². The highest BCUT2D eigenvalue weighted by Crippen LogP contribution is 2.16. The monoisotopic (exact) mass is 288 g/mol. The average Bonchev–Trinajstić information content (AvgIpc) is 2.82. The van der Waals surface area contributed by atoms with E-state index in [1.165, 1.54) is 6.07 Å². The van der Waals surface area contributed by atoms with E-state index in [1.54, 1.807) is 18.2 Å². The lowest BCUT2D eigenvalue weighted by Crippen LogP contribution is -2.26. The van der Waals surface area contributed by atoms with E-state index >= 15 is 0 Å². The van der Waals surface area contributed by atoms with Crippen LogP contribution in [-0.4, -0.2) is 28.1 Å². The van der Waals surface area contributed by atoms with Crippen LogP contribution in [0.3, 0.4) is 0 Å². The van der Waals surface area contributed by atoms with E-state index in [9.17, 15) is 8.42 Å². The van der Waals surface area contributed by atoms with E-state index in [0.29, 0.717) is 17.5 Å². The molecule has 0 aromatic heterocycles. The lowest BCUT2D eigenvalue weighted by Gasteiger charge is -2.10. The molecule has 1 heterocycles. The molecule has 2 N–H and O–H groups in total. The van der Waals surface area contributed by atoms with Crippen LogP contribution < -0.4 is 10.0 Å². The van der Waals surface area contributed by atoms with Gasteiger partial charge in [-0.25, -0.2) is 13.1 Å². The molecule has 0 amide bonds. The van der Waals surface area contributed by atoms with E-state index in [-0.39, 0.29) is 4.90 Å². The van der Waals surface area contributed by atoms with Gasteiger partial charge in [0.2, 0.25) is 10.0 Å². The van der Waals surface area contributed by atoms with Crippen molar-refractivity contribution < 1.29 is 8.42 Å². The summed E-state index contributed by atoms with van der Waals surface area (Å²) in [6, 6.07) is 6.30. The van der Waals surface area contributed by atoms with Gasteiger partial charge in [-0.15, -0.1) is 0 Å². The predicted molar refractivity (Wildman–Crippen MR) is 72.2 cm³/mol. The van der Waals surface area contributed by atoms with E-state index in [0.717, 1.165) is 25.9 Å². The van der Waals surface area contributed by atoms with Crippen LogP contribution in [0, 0.1) is 5.92 Å². The molecule has 1 atom stereocenters. The molecule has 1 aromatic carbocycles. The summed E-state index contributed by atoms with van der Waals surface area (Å²) < 4.78 is 26.6. The summed E-state index contributed by atoms with van der Waals surface area (Å²) in [5, 5.41) is 3.69. The van der Waals surface area contributed by atoms with Gasteiger partial charge >= 0.3 is 0 Å². The molecule has 0 saturated carbocycles. The fraction of sp³-hybridized carbons (Fsp3) is 0.500. The van der Waals surface area contributed by atoms with Gasteiger partial charge in [0.25, 0.3) is 0 Å². The molecular weight excluding hydrogens is 272 g/mol. The van der Waals surface area contributed by atoms with Gasteiger partial charge in [0.1, 0.15) is 0 Å². The molecule has 0 radical (unpaired) electrons. The van der Waals surface area contributed by atoms with Crippen LogP contribution in [0.4, 0.5) is 0 Å². The number of hydrogen-bond donors (Lipinski definition) is 2. The molecule has 1 aliphatic rings. The zero-order chi connectivity index (χ0) is 13.0. The van der Waals surface area contributed by atoms with E-state index in [2.05, 4.69) is 10.0 Å². The van der Waals surface area contributed by atoms with Gasteiger partial charge in [-0.05, 0) is 50.0 Å². The molecule has 0 aliphatic carbocycles. The molecule has 6 heteroatoms. The largest absolute Gasteiger partial charge is 0.316 e. The molecule has 4 nitrogen and oxygen atoms in total. The second-order valence-electron chi connectivity index (χ2n) is 4.50. The Morgan fingerprint density at radius 3 is 2.94 bits per heavy atom. The number of nitrogens with one attached hydrogen (secondary N) is 2. The Labute approximate surface area is 113 Å². The maximum absolute atomic E-state index is 12.0. The predicted octanol–water partition coefficient (Wildman–Crippen LogP) is 1.62. The van der Waals surface area contributed by atoms with Crippen molar-refractivity contribution in [2.45, 2.75) is 17.7 Å². The molecule has 18 heavy (non-hydrogen) atoms. The lowest BCUT2D eigenvalue weighted by molar-refractivity contribution is 0.519. The van der Waals surface area contributed by atoms with Crippen LogP contribution in [0.25, 0.3) is 0 Å². The Bertz CT molecular complexity index is 499. The molecule has 0 bridgehead atoms. The molecule has 1 aromatic rings. The first-order valence-electron chi connectivity index (χ1n) is 6.04. The summed E-state index contributed by atoms with van der Waals surface area (Å²) in [6.07, 6.45) is 1.99. The summed E-state index contributed by atoms with van der Waals surface area (Å²) in [5.41, 5.74) is 0. The maximum Gasteiger partial charge on any atom is 0.240 e. The van der Waals surface area contributed by atoms with Crippen molar-refractivity contribution in [3.8, 4) is 0 Å². The van der Waals surface area contributed by atoms with Crippen LogP contribution >= 0.6 is 11.6 Å². The summed E-state index contributed by atoms with van der Waals surface area (Å²) in [5.74, 6) is 0.576. The molecule has 0 spiro atoms. The highest BCUT2D eigenvalue weighted by Gasteiger charge is 2.17. The summed E-state index contributed by atoms with van der Waals surface area (Å²) in [4.78, 5) is 0.222. The minimum absolute atomic E-state index is 0.222. The molecule has 2 rings (SSSR count). The molecule has 1 fully saturated rings. The normalized spacial score (nSPS) is 20.2. The lowest BCUT2D eigenvalue weighted by atomic mass is 10.1. The van der Waals surface area contributed by atoms with Gasteiger partial charge in [0.15, 0.2) is 0 Å². The first kappa shape index (κ1) is 13.8. The first-order valence-corrected chi connectivity index (χ1v) is 7.90. The minimum Gasteiger partial charge on any atom is -0.316 e. The SMILES string of the molecule is O=S(=O)(NCCC1CCNC1)c1cccc(Cl)c1. The first-order chi connectivity index (χ1) is 8.58. The fourth-order valence-corrected chi connectivity index (χ4v) is 3.42. The maximum atomic E-state index is 12.0. The van der Waals surface area contributed by atoms with Crippen molar-refractivity contribution in [3.05, 3.63) is 29.3 Å². The number of benzene rings is 1. The van der Waals surface area contributed by atoms with Crippen LogP contribution in [0.5, 0.6) is 0 Å². The second-order valence-corrected chi connectivity index (χ2v) is 6.71. The van der Waals surface area contributed by atoms with Crippen LogP contribution in [0.1, 0.15) is 12.8 Å². The highest BCUT2D eigenvalue weighted by molar-refractivity contribution is 7.89. The van der Waals surface area contributed by atoms with E-state index < -0.39 is 10.0 Å². The third-order valence-electron chi connectivity index (χ3n) is 3.11. The van der Waals surface area contributed by atoms with Crippen molar-refractivity contribution in [3.63, 3.8) is 0 Å². The van der Waals surface area contributed by atoms with E-state index in [4.69, 9.17) is 11.6 Å². The smallest absolute Gasteiger partial charge is 0.240 e. The molecule has 1 saturated heterocycles. The quantitative estimate of drug-likeness (QED) is 0.866. The van der Waals surface area contributed by atoms with Crippen LogP contribution in [-0.2, 0) is 10.0 Å². The van der Waals surface area contributed by atoms with Crippen molar-refractivity contribution in [2.75, 3.05) is 19.6 Å². The molecular formula is C12H17ClN2O2S. The van der Waals surface area contributed by atoms with Gasteiger partial charge in [0.05, 0.1) is 4.90 Å². The highest BCUT2D eigenvalue weighted by atomic mass is 35.5. The molecule has 1 unspecified atom stereocenters. The summed E-state index contributed by atoms with van der Waals surface area (Å²) in [7, 11) is -3.43. The number of sulfonamides is 1. The van der Waals surface area contributed by atoms with Crippen LogP contribution in [0.2, 0.25) is 5.02 Å². The van der Waals surface area contributed by atoms with Crippen molar-refractivity contribution in [2.24, 2.45) is 5.92 Å². The Morgan fingerprint density at radius 1 is 1.44 bits per heavy atom. The third-order valence-corrected chi connectivity index (χ3v) is 4.81. The Hall–Kier alpha value is -0.620. The Morgan fingerprint density at radius 2 is 2.28 bits per heavy atom. The summed E-state index contributed by atoms with van der Waals surface area (Å²) in [6.45, 7) is 2.49. The number of rotatable bonds is 5. The second kappa shape index (κ2) is 6.02. The van der Waals surface area contributed by atoms with Gasteiger partial charge in [-0.3, -0.25) is 0 Å². The minimum atomic E-state index is -3.43. The van der Waals surface area contributed by atoms with Gasteiger partial charge in [0, 0.05) is 11.6 Å². The van der Waals surface area contributed by atoms with Gasteiger partial charge < -0.3 is 5.32 Å². The number of halogens is 1.